The lowest BCUT2D eigenvalue weighted by Gasteiger charge is -2.15. The third-order valence-electron chi connectivity index (χ3n) is 2.49. The highest BCUT2D eigenvalue weighted by atomic mass is 32.2. The Balaban J connectivity index is 2.31. The van der Waals surface area contributed by atoms with Crippen LogP contribution in [-0.2, 0) is 10.9 Å². The number of halogens is 3. The Kier molecular flexibility index (Phi) is 5.95. The van der Waals surface area contributed by atoms with Crippen LogP contribution in [0.15, 0.2) is 29.2 Å². The van der Waals surface area contributed by atoms with Crippen LogP contribution in [0, 0.1) is 0 Å². The van der Waals surface area contributed by atoms with Gasteiger partial charge in [-0.2, -0.15) is 13.2 Å². The van der Waals surface area contributed by atoms with Crippen LogP contribution in [0.25, 0.3) is 0 Å². The lowest BCUT2D eigenvalue weighted by atomic mass is 10.2. The van der Waals surface area contributed by atoms with E-state index in [0.717, 1.165) is 29.7 Å². The molecule has 1 rings (SSSR count). The molecule has 0 radical (unpaired) electrons. The van der Waals surface area contributed by atoms with E-state index in [1.807, 2.05) is 0 Å². The van der Waals surface area contributed by atoms with Crippen molar-refractivity contribution in [2.24, 2.45) is 0 Å². The quantitative estimate of drug-likeness (QED) is 0.312. The van der Waals surface area contributed by atoms with Gasteiger partial charge in [-0.1, -0.05) is 31.4 Å². The van der Waals surface area contributed by atoms with Gasteiger partial charge in [0, 0.05) is 19.6 Å². The number of rotatable bonds is 6. The molecule has 1 aromatic rings. The highest BCUT2D eigenvalue weighted by molar-refractivity contribution is 7.99. The third-order valence-corrected chi connectivity index (χ3v) is 5.08. The van der Waals surface area contributed by atoms with E-state index in [2.05, 4.69) is 19.6 Å². The Morgan fingerprint density at radius 2 is 1.68 bits per heavy atom. The molecule has 0 N–H and O–H groups in total. The van der Waals surface area contributed by atoms with Crippen molar-refractivity contribution in [2.45, 2.75) is 36.8 Å². The molecule has 1 aromatic carbocycles. The largest absolute Gasteiger partial charge is 0.416 e. The molecule has 19 heavy (non-hydrogen) atoms. The Labute approximate surface area is 117 Å². The molecule has 0 amide bonds. The number of hydrogen-bond donors (Lipinski definition) is 0. The molecule has 0 aliphatic carbocycles. The maximum absolute atomic E-state index is 12.4. The van der Waals surface area contributed by atoms with E-state index in [1.165, 1.54) is 23.9 Å². The van der Waals surface area contributed by atoms with Crippen molar-refractivity contribution in [3.8, 4) is 0 Å². The second-order valence-corrected chi connectivity index (χ2v) is 12.1. The zero-order valence-corrected chi connectivity index (χ0v) is 13.2. The van der Waals surface area contributed by atoms with Crippen molar-refractivity contribution in [3.05, 3.63) is 29.8 Å². The van der Waals surface area contributed by atoms with Gasteiger partial charge in [-0.15, -0.1) is 0 Å². The SMILES string of the molecule is C[Si](C)(C)CCOCSc1ccc(C(F)(F)F)cc1. The maximum atomic E-state index is 12.4. The second-order valence-electron chi connectivity index (χ2n) is 5.50. The number of alkyl halides is 3. The molecule has 1 nitrogen and oxygen atoms in total. The standard InChI is InChI=1S/C13H19F3OSSi/c1-19(2,3)9-8-17-10-18-12-6-4-11(5-7-12)13(14,15)16/h4-7H,8-10H2,1-3H3. The maximum Gasteiger partial charge on any atom is 0.416 e. The number of ether oxygens (including phenoxy) is 1. The average Bonchev–Trinajstić information content (AvgIpc) is 2.26. The predicted molar refractivity (Wildman–Crippen MR) is 76.3 cm³/mol. The topological polar surface area (TPSA) is 9.23 Å². The van der Waals surface area contributed by atoms with Crippen LogP contribution in [0.2, 0.25) is 25.7 Å². The van der Waals surface area contributed by atoms with Gasteiger partial charge in [-0.25, -0.2) is 0 Å². The molecular weight excluding hydrogens is 289 g/mol. The molecule has 0 unspecified atom stereocenters. The van der Waals surface area contributed by atoms with Crippen LogP contribution in [-0.4, -0.2) is 20.6 Å². The van der Waals surface area contributed by atoms with Gasteiger partial charge < -0.3 is 4.74 Å². The van der Waals surface area contributed by atoms with Crippen LogP contribution in [0.3, 0.4) is 0 Å². The van der Waals surface area contributed by atoms with E-state index in [-0.39, 0.29) is 0 Å². The summed E-state index contributed by atoms with van der Waals surface area (Å²) in [5, 5.41) is 0. The number of hydrogen-bond acceptors (Lipinski definition) is 2. The molecule has 0 bridgehead atoms. The van der Waals surface area contributed by atoms with E-state index in [0.29, 0.717) is 5.94 Å². The van der Waals surface area contributed by atoms with Gasteiger partial charge in [-0.3, -0.25) is 0 Å². The molecule has 0 fully saturated rings. The molecular formula is C13H19F3OSSi. The Morgan fingerprint density at radius 1 is 1.11 bits per heavy atom. The van der Waals surface area contributed by atoms with Crippen molar-refractivity contribution < 1.29 is 17.9 Å². The van der Waals surface area contributed by atoms with E-state index in [4.69, 9.17) is 4.74 Å². The molecule has 0 saturated heterocycles. The summed E-state index contributed by atoms with van der Waals surface area (Å²) in [4.78, 5) is 0.793. The van der Waals surface area contributed by atoms with Crippen molar-refractivity contribution in [1.82, 2.24) is 0 Å². The monoisotopic (exact) mass is 308 g/mol. The number of benzene rings is 1. The fourth-order valence-electron chi connectivity index (χ4n) is 1.29. The van der Waals surface area contributed by atoms with Crippen molar-refractivity contribution in [2.75, 3.05) is 12.5 Å². The van der Waals surface area contributed by atoms with Gasteiger partial charge in [0.05, 0.1) is 11.5 Å². The minimum absolute atomic E-state index is 0.482. The summed E-state index contributed by atoms with van der Waals surface area (Å²) in [7, 11) is -1.07. The van der Waals surface area contributed by atoms with Gasteiger partial charge >= 0.3 is 6.18 Å². The van der Waals surface area contributed by atoms with Gasteiger partial charge in [0.2, 0.25) is 0 Å². The molecule has 0 atom stereocenters. The van der Waals surface area contributed by atoms with Crippen LogP contribution in [0.4, 0.5) is 13.2 Å². The van der Waals surface area contributed by atoms with Gasteiger partial charge in [0.1, 0.15) is 0 Å². The molecule has 108 valence electrons. The number of thioether (sulfide) groups is 1. The van der Waals surface area contributed by atoms with Crippen LogP contribution < -0.4 is 0 Å². The average molecular weight is 308 g/mol. The lowest BCUT2D eigenvalue weighted by Crippen LogP contribution is -2.21. The van der Waals surface area contributed by atoms with Crippen molar-refractivity contribution in [3.63, 3.8) is 0 Å². The van der Waals surface area contributed by atoms with Crippen molar-refractivity contribution >= 4 is 19.8 Å². The summed E-state index contributed by atoms with van der Waals surface area (Å²) in [5.74, 6) is 0.482. The first-order valence-electron chi connectivity index (χ1n) is 6.06. The molecule has 0 aliphatic rings. The zero-order chi connectivity index (χ0) is 14.5. The van der Waals surface area contributed by atoms with Gasteiger partial charge in [-0.05, 0) is 30.3 Å². The molecule has 0 aliphatic heterocycles. The summed E-state index contributed by atoms with van der Waals surface area (Å²) < 4.78 is 42.6. The first-order valence-corrected chi connectivity index (χ1v) is 10.8. The van der Waals surface area contributed by atoms with Gasteiger partial charge in [0.15, 0.2) is 0 Å². The summed E-state index contributed by atoms with van der Waals surface area (Å²) in [6.45, 7) is 7.56. The molecule has 0 heterocycles. The Morgan fingerprint density at radius 3 is 2.16 bits per heavy atom. The summed E-state index contributed by atoms with van der Waals surface area (Å²) in [6.07, 6.45) is -4.27. The highest BCUT2D eigenvalue weighted by Crippen LogP contribution is 2.30. The minimum atomic E-state index is -4.27. The van der Waals surface area contributed by atoms with Crippen LogP contribution >= 0.6 is 11.8 Å². The van der Waals surface area contributed by atoms with Gasteiger partial charge in [0.25, 0.3) is 0 Å². The Bertz CT molecular complexity index is 384. The summed E-state index contributed by atoms with van der Waals surface area (Å²) in [6, 6.07) is 6.26. The Hall–Kier alpha value is -0.463. The third kappa shape index (κ3) is 7.03. The second kappa shape index (κ2) is 6.81. The predicted octanol–water partition coefficient (Wildman–Crippen LogP) is 5.11. The fraction of sp³-hybridized carbons (Fsp3) is 0.538. The summed E-state index contributed by atoms with van der Waals surface area (Å²) >= 11 is 1.42. The normalized spacial score (nSPS) is 12.7. The molecule has 0 aromatic heterocycles. The van der Waals surface area contributed by atoms with E-state index in [1.54, 1.807) is 0 Å². The van der Waals surface area contributed by atoms with Crippen molar-refractivity contribution in [1.29, 1.82) is 0 Å². The highest BCUT2D eigenvalue weighted by Gasteiger charge is 2.29. The smallest absolute Gasteiger partial charge is 0.371 e. The summed E-state index contributed by atoms with van der Waals surface area (Å²) in [5.41, 5.74) is -0.614. The first kappa shape index (κ1) is 16.6. The first-order chi connectivity index (χ1) is 8.68. The lowest BCUT2D eigenvalue weighted by molar-refractivity contribution is -0.137. The molecule has 0 saturated carbocycles. The van der Waals surface area contributed by atoms with E-state index in [9.17, 15) is 13.2 Å². The van der Waals surface area contributed by atoms with Crippen LogP contribution in [0.5, 0.6) is 0 Å². The van der Waals surface area contributed by atoms with Crippen LogP contribution in [0.1, 0.15) is 5.56 Å². The fourth-order valence-corrected chi connectivity index (χ4v) is 2.71. The molecule has 6 heteroatoms. The van der Waals surface area contributed by atoms with E-state index >= 15 is 0 Å². The molecule has 0 spiro atoms. The zero-order valence-electron chi connectivity index (χ0n) is 11.4. The van der Waals surface area contributed by atoms with E-state index < -0.39 is 19.8 Å². The minimum Gasteiger partial charge on any atom is -0.371 e.